The van der Waals surface area contributed by atoms with Crippen molar-refractivity contribution in [1.29, 1.82) is 0 Å². The number of carbonyl (C=O) groups excluding carboxylic acids is 1. The molecule has 1 aromatic rings. The third-order valence-electron chi connectivity index (χ3n) is 3.56. The van der Waals surface area contributed by atoms with E-state index in [-0.39, 0.29) is 6.03 Å². The average Bonchev–Trinajstić information content (AvgIpc) is 2.87. The van der Waals surface area contributed by atoms with Crippen molar-refractivity contribution in [3.63, 3.8) is 0 Å². The molecule has 0 aromatic heterocycles. The third kappa shape index (κ3) is 3.63. The van der Waals surface area contributed by atoms with E-state index in [1.54, 1.807) is 7.11 Å². The van der Waals surface area contributed by atoms with Gasteiger partial charge in [0, 0.05) is 24.8 Å². The molecule has 1 atom stereocenters. The minimum absolute atomic E-state index is 0.0143. The van der Waals surface area contributed by atoms with Crippen LogP contribution >= 0.6 is 0 Å². The predicted molar refractivity (Wildman–Crippen MR) is 80.3 cm³/mol. The molecule has 1 fully saturated rings. The van der Waals surface area contributed by atoms with E-state index in [0.717, 1.165) is 37.4 Å². The van der Waals surface area contributed by atoms with Gasteiger partial charge in [-0.25, -0.2) is 4.79 Å². The summed E-state index contributed by atoms with van der Waals surface area (Å²) in [4.78, 5) is 16.4. The lowest BCUT2D eigenvalue weighted by Gasteiger charge is -2.27. The Morgan fingerprint density at radius 2 is 2.10 bits per heavy atom. The predicted octanol–water partition coefficient (Wildman–Crippen LogP) is 2.25. The topological polar surface area (TPSA) is 44.8 Å². The Bertz CT molecular complexity index is 445. The zero-order valence-electron chi connectivity index (χ0n) is 12.4. The smallest absolute Gasteiger partial charge is 0.322 e. The Morgan fingerprint density at radius 1 is 1.40 bits per heavy atom. The standard InChI is InChI=1S/C15H23N3O2/c1-17(2)11-13-5-4-10-18(13)15(19)16-12-6-8-14(20-3)9-7-12/h6-9,13H,4-5,10-11H2,1-3H3,(H,16,19)/t13-/m0/s1. The fourth-order valence-electron chi connectivity index (χ4n) is 2.58. The number of likely N-dealkylation sites (N-methyl/N-ethyl adjacent to an activating group) is 1. The van der Waals surface area contributed by atoms with E-state index in [2.05, 4.69) is 10.2 Å². The molecule has 5 heteroatoms. The molecule has 0 saturated carbocycles. The normalized spacial score (nSPS) is 18.4. The summed E-state index contributed by atoms with van der Waals surface area (Å²) < 4.78 is 5.11. The summed E-state index contributed by atoms with van der Waals surface area (Å²) in [5.41, 5.74) is 0.798. The van der Waals surface area contributed by atoms with Crippen molar-refractivity contribution in [3.8, 4) is 5.75 Å². The second kappa shape index (κ2) is 6.61. The number of likely N-dealkylation sites (tertiary alicyclic amines) is 1. The van der Waals surface area contributed by atoms with Crippen LogP contribution in [0.4, 0.5) is 10.5 Å². The number of ether oxygens (including phenoxy) is 1. The summed E-state index contributed by atoms with van der Waals surface area (Å²) in [6.45, 7) is 1.75. The molecule has 110 valence electrons. The second-order valence-corrected chi connectivity index (χ2v) is 5.41. The van der Waals surface area contributed by atoms with Gasteiger partial charge in [0.05, 0.1) is 7.11 Å². The summed E-state index contributed by atoms with van der Waals surface area (Å²) in [5, 5.41) is 2.95. The first-order valence-electron chi connectivity index (χ1n) is 6.96. The molecule has 1 aromatic carbocycles. The van der Waals surface area contributed by atoms with Gasteiger partial charge >= 0.3 is 6.03 Å². The van der Waals surface area contributed by atoms with E-state index in [1.807, 2.05) is 43.3 Å². The number of carbonyl (C=O) groups is 1. The molecule has 1 aliphatic heterocycles. The summed E-state index contributed by atoms with van der Waals surface area (Å²) in [6, 6.07) is 7.69. The Kier molecular flexibility index (Phi) is 4.84. The first kappa shape index (κ1) is 14.7. The Morgan fingerprint density at radius 3 is 2.70 bits per heavy atom. The van der Waals surface area contributed by atoms with Crippen molar-refractivity contribution in [3.05, 3.63) is 24.3 Å². The third-order valence-corrected chi connectivity index (χ3v) is 3.56. The van der Waals surface area contributed by atoms with Gasteiger partial charge in [0.25, 0.3) is 0 Å². The quantitative estimate of drug-likeness (QED) is 0.918. The van der Waals surface area contributed by atoms with E-state index in [4.69, 9.17) is 4.74 Å². The molecule has 0 aliphatic carbocycles. The van der Waals surface area contributed by atoms with E-state index in [0.29, 0.717) is 6.04 Å². The Labute approximate surface area is 120 Å². The molecule has 0 spiro atoms. The van der Waals surface area contributed by atoms with Crippen LogP contribution in [0.5, 0.6) is 5.75 Å². The number of urea groups is 1. The first-order valence-corrected chi connectivity index (χ1v) is 6.96. The lowest BCUT2D eigenvalue weighted by Crippen LogP contribution is -2.43. The van der Waals surface area contributed by atoms with Gasteiger partial charge in [-0.1, -0.05) is 0 Å². The molecule has 2 amide bonds. The van der Waals surface area contributed by atoms with Gasteiger partial charge in [0.1, 0.15) is 5.75 Å². The van der Waals surface area contributed by atoms with Crippen LogP contribution in [0.1, 0.15) is 12.8 Å². The number of rotatable bonds is 4. The minimum Gasteiger partial charge on any atom is -0.497 e. The Balaban J connectivity index is 1.96. The summed E-state index contributed by atoms with van der Waals surface area (Å²) in [7, 11) is 5.71. The van der Waals surface area contributed by atoms with E-state index in [9.17, 15) is 4.79 Å². The highest BCUT2D eigenvalue weighted by molar-refractivity contribution is 5.89. The summed E-state index contributed by atoms with van der Waals surface area (Å²) in [6.07, 6.45) is 2.16. The number of amides is 2. The number of hydrogen-bond acceptors (Lipinski definition) is 3. The lowest BCUT2D eigenvalue weighted by molar-refractivity contribution is 0.193. The molecule has 0 unspecified atom stereocenters. The molecule has 20 heavy (non-hydrogen) atoms. The molecule has 1 N–H and O–H groups in total. The van der Waals surface area contributed by atoms with E-state index >= 15 is 0 Å². The molecule has 1 saturated heterocycles. The van der Waals surface area contributed by atoms with Gasteiger partial charge in [0.15, 0.2) is 0 Å². The highest BCUT2D eigenvalue weighted by atomic mass is 16.5. The van der Waals surface area contributed by atoms with Crippen LogP contribution in [0.3, 0.4) is 0 Å². The molecule has 1 heterocycles. The van der Waals surface area contributed by atoms with E-state index < -0.39 is 0 Å². The van der Waals surface area contributed by atoms with Crippen molar-refractivity contribution in [2.45, 2.75) is 18.9 Å². The maximum absolute atomic E-state index is 12.3. The zero-order chi connectivity index (χ0) is 14.5. The lowest BCUT2D eigenvalue weighted by atomic mass is 10.2. The molecule has 2 rings (SSSR count). The molecular weight excluding hydrogens is 254 g/mol. The number of hydrogen-bond donors (Lipinski definition) is 1. The molecule has 0 bridgehead atoms. The Hall–Kier alpha value is -1.75. The zero-order valence-corrected chi connectivity index (χ0v) is 12.4. The van der Waals surface area contributed by atoms with Crippen LogP contribution in [-0.4, -0.2) is 56.2 Å². The van der Waals surface area contributed by atoms with Crippen LogP contribution in [0.2, 0.25) is 0 Å². The largest absolute Gasteiger partial charge is 0.497 e. The van der Waals surface area contributed by atoms with Gasteiger partial charge in [-0.15, -0.1) is 0 Å². The van der Waals surface area contributed by atoms with Gasteiger partial charge in [-0.2, -0.15) is 0 Å². The van der Waals surface area contributed by atoms with Crippen molar-refractivity contribution in [2.24, 2.45) is 0 Å². The van der Waals surface area contributed by atoms with Gasteiger partial charge < -0.3 is 19.9 Å². The molecule has 1 aliphatic rings. The molecular formula is C15H23N3O2. The van der Waals surface area contributed by atoms with Gasteiger partial charge in [-0.05, 0) is 51.2 Å². The summed E-state index contributed by atoms with van der Waals surface area (Å²) in [5.74, 6) is 0.787. The maximum atomic E-state index is 12.3. The number of benzene rings is 1. The number of anilines is 1. The molecule has 0 radical (unpaired) electrons. The van der Waals surface area contributed by atoms with Crippen molar-refractivity contribution < 1.29 is 9.53 Å². The van der Waals surface area contributed by atoms with Crippen LogP contribution in [0.25, 0.3) is 0 Å². The number of nitrogens with one attached hydrogen (secondary N) is 1. The van der Waals surface area contributed by atoms with Crippen LogP contribution in [-0.2, 0) is 0 Å². The van der Waals surface area contributed by atoms with E-state index in [1.165, 1.54) is 0 Å². The number of methoxy groups -OCH3 is 1. The maximum Gasteiger partial charge on any atom is 0.322 e. The second-order valence-electron chi connectivity index (χ2n) is 5.41. The van der Waals surface area contributed by atoms with Gasteiger partial charge in [-0.3, -0.25) is 0 Å². The highest BCUT2D eigenvalue weighted by Gasteiger charge is 2.28. The fraction of sp³-hybridized carbons (Fsp3) is 0.533. The minimum atomic E-state index is -0.0143. The van der Waals surface area contributed by atoms with Crippen molar-refractivity contribution in [1.82, 2.24) is 9.80 Å². The monoisotopic (exact) mass is 277 g/mol. The van der Waals surface area contributed by atoms with Crippen LogP contribution in [0.15, 0.2) is 24.3 Å². The fourth-order valence-corrected chi connectivity index (χ4v) is 2.58. The van der Waals surface area contributed by atoms with Gasteiger partial charge in [0.2, 0.25) is 0 Å². The first-order chi connectivity index (χ1) is 9.60. The van der Waals surface area contributed by atoms with Crippen molar-refractivity contribution in [2.75, 3.05) is 39.6 Å². The van der Waals surface area contributed by atoms with Crippen molar-refractivity contribution >= 4 is 11.7 Å². The average molecular weight is 277 g/mol. The van der Waals surface area contributed by atoms with Crippen LogP contribution < -0.4 is 10.1 Å². The highest BCUT2D eigenvalue weighted by Crippen LogP contribution is 2.20. The summed E-state index contributed by atoms with van der Waals surface area (Å²) >= 11 is 0. The number of nitrogens with zero attached hydrogens (tertiary/aromatic N) is 2. The molecule has 5 nitrogen and oxygen atoms in total. The van der Waals surface area contributed by atoms with Crippen LogP contribution in [0, 0.1) is 0 Å². The SMILES string of the molecule is COc1ccc(NC(=O)N2CCC[C@H]2CN(C)C)cc1.